The number of piperidine rings is 1. The summed E-state index contributed by atoms with van der Waals surface area (Å²) in [5, 5.41) is -0.103. The summed E-state index contributed by atoms with van der Waals surface area (Å²) in [7, 11) is 1.35. The Bertz CT molecular complexity index is 1590. The lowest BCUT2D eigenvalue weighted by Crippen LogP contribution is -2.44. The summed E-state index contributed by atoms with van der Waals surface area (Å²) in [6.07, 6.45) is -1.49. The van der Waals surface area contributed by atoms with Gasteiger partial charge in [0, 0.05) is 25.2 Å². The highest BCUT2D eigenvalue weighted by Gasteiger charge is 2.26. The maximum Gasteiger partial charge on any atom is 0.514 e. The van der Waals surface area contributed by atoms with Gasteiger partial charge < -0.3 is 23.8 Å². The number of methoxy groups -OCH3 is 1. The van der Waals surface area contributed by atoms with Gasteiger partial charge >= 0.3 is 11.8 Å². The van der Waals surface area contributed by atoms with Crippen LogP contribution in [-0.2, 0) is 16.1 Å². The van der Waals surface area contributed by atoms with Gasteiger partial charge in [-0.2, -0.15) is 0 Å². The van der Waals surface area contributed by atoms with Crippen LogP contribution in [0, 0.1) is 5.82 Å². The summed E-state index contributed by atoms with van der Waals surface area (Å²) in [4.78, 5) is 52.3. The van der Waals surface area contributed by atoms with Crippen molar-refractivity contribution in [2.45, 2.75) is 51.5 Å². The highest BCUT2D eigenvalue weighted by molar-refractivity contribution is 5.80. The van der Waals surface area contributed by atoms with Crippen LogP contribution in [0.4, 0.5) is 18.0 Å². The Morgan fingerprint density at radius 2 is 1.74 bits per heavy atom. The number of nitrogens with zero attached hydrogens (tertiary/aromatic N) is 3. The smallest absolute Gasteiger partial charge is 0.493 e. The van der Waals surface area contributed by atoms with Crippen molar-refractivity contribution in [1.82, 2.24) is 14.0 Å². The van der Waals surface area contributed by atoms with Crippen molar-refractivity contribution < 1.29 is 41.7 Å². The van der Waals surface area contributed by atoms with E-state index >= 15 is 4.39 Å². The number of benzene rings is 2. The van der Waals surface area contributed by atoms with Gasteiger partial charge in [0.1, 0.15) is 13.3 Å². The Hall–Kier alpha value is -4.49. The molecule has 11 nitrogen and oxygen atoms in total. The van der Waals surface area contributed by atoms with Crippen molar-refractivity contribution in [2.24, 2.45) is 0 Å². The van der Waals surface area contributed by atoms with E-state index in [1.807, 2.05) is 0 Å². The minimum Gasteiger partial charge on any atom is -0.493 e. The van der Waals surface area contributed by atoms with Gasteiger partial charge in [-0.1, -0.05) is 6.07 Å². The lowest BCUT2D eigenvalue weighted by atomic mass is 10.0. The molecule has 232 valence electrons. The number of aromatic nitrogens is 2. The highest BCUT2D eigenvalue weighted by atomic mass is 19.1. The monoisotopic (exact) mass is 607 g/mol. The number of alkyl halides is 2. The molecular formula is C29H32F3N3O8. The fraction of sp³-hybridized carbons (Fsp3) is 0.448. The van der Waals surface area contributed by atoms with E-state index in [-0.39, 0.29) is 28.9 Å². The molecule has 43 heavy (non-hydrogen) atoms. The van der Waals surface area contributed by atoms with Crippen LogP contribution in [-0.4, -0.2) is 72.4 Å². The molecule has 2 aromatic carbocycles. The van der Waals surface area contributed by atoms with Crippen LogP contribution < -0.4 is 25.5 Å². The lowest BCUT2D eigenvalue weighted by Gasteiger charge is -2.31. The number of hydrogen-bond donors (Lipinski definition) is 0. The minimum atomic E-state index is -1.57. The fourth-order valence-corrected chi connectivity index (χ4v) is 4.88. The first-order valence-corrected chi connectivity index (χ1v) is 13.6. The summed E-state index contributed by atoms with van der Waals surface area (Å²) in [6, 6.07) is 5.93. The number of rotatable bonds is 11. The SMILES string of the molecule is COc1cc(Cn2c(=O)c3cc(OC(CF)CF)c(F)cc3n(C3CCN(C=O)CC3)c2=O)ccc1OC(=O)OC(C)C. The van der Waals surface area contributed by atoms with Crippen LogP contribution >= 0.6 is 0 Å². The first-order valence-electron chi connectivity index (χ1n) is 13.6. The fourth-order valence-electron chi connectivity index (χ4n) is 4.88. The minimum absolute atomic E-state index is 0.0114. The van der Waals surface area contributed by atoms with E-state index in [4.69, 9.17) is 18.9 Å². The third-order valence-electron chi connectivity index (χ3n) is 6.97. The normalized spacial score (nSPS) is 13.9. The van der Waals surface area contributed by atoms with Crippen LogP contribution in [0.1, 0.15) is 38.3 Å². The van der Waals surface area contributed by atoms with E-state index in [2.05, 4.69) is 0 Å². The van der Waals surface area contributed by atoms with Crippen molar-refractivity contribution >= 4 is 23.5 Å². The Morgan fingerprint density at radius 3 is 2.35 bits per heavy atom. The quantitative estimate of drug-likeness (QED) is 0.184. The zero-order valence-electron chi connectivity index (χ0n) is 23.9. The van der Waals surface area contributed by atoms with E-state index in [0.29, 0.717) is 37.9 Å². The standard InChI is InChI=1S/C29H32F3N3O8/c1-17(2)41-29(39)43-24-5-4-18(10-26(24)40-3)15-34-27(37)21-11-25(42-20(13-30)14-31)22(32)12-23(21)35(28(34)38)19-6-8-33(16-36)9-7-19/h4-5,10-12,16-17,19-20H,6-9,13-15H2,1-3H3. The number of fused-ring (bicyclic) bond motifs is 1. The molecule has 4 rings (SSSR count). The van der Waals surface area contributed by atoms with Crippen molar-refractivity contribution in [3.63, 3.8) is 0 Å². The van der Waals surface area contributed by atoms with Crippen LogP contribution in [0.5, 0.6) is 17.2 Å². The summed E-state index contributed by atoms with van der Waals surface area (Å²) in [6.45, 7) is 1.32. The molecule has 0 atom stereocenters. The summed E-state index contributed by atoms with van der Waals surface area (Å²) in [5.74, 6) is -1.34. The molecule has 2 heterocycles. The molecule has 14 heteroatoms. The van der Waals surface area contributed by atoms with Gasteiger partial charge in [0.15, 0.2) is 29.2 Å². The van der Waals surface area contributed by atoms with Crippen molar-refractivity contribution in [1.29, 1.82) is 0 Å². The van der Waals surface area contributed by atoms with E-state index in [9.17, 15) is 28.0 Å². The molecule has 0 saturated carbocycles. The van der Waals surface area contributed by atoms with E-state index < -0.39 is 60.6 Å². The Morgan fingerprint density at radius 1 is 1.05 bits per heavy atom. The zero-order valence-corrected chi connectivity index (χ0v) is 23.9. The molecule has 3 aromatic rings. The zero-order chi connectivity index (χ0) is 31.3. The number of carbonyl (C=O) groups is 2. The van der Waals surface area contributed by atoms with Crippen LogP contribution in [0.15, 0.2) is 39.9 Å². The number of likely N-dealkylation sites (tertiary alicyclic amines) is 1. The Labute approximate surface area is 244 Å². The highest BCUT2D eigenvalue weighted by Crippen LogP contribution is 2.30. The van der Waals surface area contributed by atoms with Gasteiger partial charge in [-0.3, -0.25) is 18.7 Å². The van der Waals surface area contributed by atoms with Gasteiger partial charge in [0.25, 0.3) is 5.56 Å². The van der Waals surface area contributed by atoms with Gasteiger partial charge in [0.2, 0.25) is 6.41 Å². The topological polar surface area (TPSA) is 118 Å². The molecule has 0 unspecified atom stereocenters. The molecule has 1 aliphatic heterocycles. The first-order chi connectivity index (χ1) is 20.6. The van der Waals surface area contributed by atoms with Gasteiger partial charge in [0.05, 0.1) is 30.7 Å². The number of hydrogen-bond acceptors (Lipinski definition) is 8. The molecular weight excluding hydrogens is 575 g/mol. The van der Waals surface area contributed by atoms with E-state index in [1.54, 1.807) is 18.7 Å². The van der Waals surface area contributed by atoms with E-state index in [1.165, 1.54) is 29.9 Å². The van der Waals surface area contributed by atoms with Crippen LogP contribution in [0.3, 0.4) is 0 Å². The molecule has 0 aliphatic carbocycles. The maximum absolute atomic E-state index is 15.1. The second-order valence-electron chi connectivity index (χ2n) is 10.3. The molecule has 0 spiro atoms. The van der Waals surface area contributed by atoms with E-state index in [0.717, 1.165) is 16.7 Å². The summed E-state index contributed by atoms with van der Waals surface area (Å²) < 4.78 is 64.3. The first kappa shape index (κ1) is 31.4. The van der Waals surface area contributed by atoms with Crippen LogP contribution in [0.2, 0.25) is 0 Å². The predicted molar refractivity (Wildman–Crippen MR) is 149 cm³/mol. The summed E-state index contributed by atoms with van der Waals surface area (Å²) >= 11 is 0. The number of carbonyl (C=O) groups excluding carboxylic acids is 2. The number of halogens is 3. The molecule has 0 radical (unpaired) electrons. The van der Waals surface area contributed by atoms with Gasteiger partial charge in [-0.15, -0.1) is 0 Å². The van der Waals surface area contributed by atoms with Crippen molar-refractivity contribution in [3.05, 3.63) is 62.6 Å². The number of ether oxygens (including phenoxy) is 4. The molecule has 1 aliphatic rings. The summed E-state index contributed by atoms with van der Waals surface area (Å²) in [5.41, 5.74) is -1.10. The van der Waals surface area contributed by atoms with Crippen molar-refractivity contribution in [3.8, 4) is 17.2 Å². The third-order valence-corrected chi connectivity index (χ3v) is 6.97. The third kappa shape index (κ3) is 6.95. The Kier molecular flexibility index (Phi) is 9.99. The Balaban J connectivity index is 1.82. The molecule has 1 saturated heterocycles. The average molecular weight is 608 g/mol. The maximum atomic E-state index is 15.1. The lowest BCUT2D eigenvalue weighted by molar-refractivity contribution is -0.119. The largest absolute Gasteiger partial charge is 0.514 e. The molecule has 1 amide bonds. The predicted octanol–water partition coefficient (Wildman–Crippen LogP) is 3.76. The molecule has 0 bridgehead atoms. The van der Waals surface area contributed by atoms with Crippen molar-refractivity contribution in [2.75, 3.05) is 33.5 Å². The van der Waals surface area contributed by atoms with Crippen LogP contribution in [0.25, 0.3) is 10.9 Å². The number of amides is 1. The molecule has 1 aromatic heterocycles. The second kappa shape index (κ2) is 13.7. The molecule has 1 fully saturated rings. The van der Waals surface area contributed by atoms with Gasteiger partial charge in [-0.25, -0.2) is 22.8 Å². The van der Waals surface area contributed by atoms with Gasteiger partial charge in [-0.05, 0) is 50.5 Å². The molecule has 0 N–H and O–H groups in total. The second-order valence-corrected chi connectivity index (χ2v) is 10.3. The average Bonchev–Trinajstić information content (AvgIpc) is 2.99.